The molecule has 2 rings (SSSR count). The van der Waals surface area contributed by atoms with Gasteiger partial charge in [0.1, 0.15) is 11.7 Å². The Hall–Kier alpha value is -2.30. The molecule has 0 bridgehead atoms. The molecular weight excluding hydrogens is 268 g/mol. The van der Waals surface area contributed by atoms with E-state index in [0.717, 1.165) is 16.5 Å². The van der Waals surface area contributed by atoms with Crippen molar-refractivity contribution in [3.63, 3.8) is 0 Å². The number of rotatable bonds is 4. The Kier molecular flexibility index (Phi) is 4.02. The number of carbonyl (C=O) groups excluding carboxylic acids is 1. The first kappa shape index (κ1) is 15.1. The predicted molar refractivity (Wildman–Crippen MR) is 81.4 cm³/mol. The van der Waals surface area contributed by atoms with Gasteiger partial charge in [0, 0.05) is 18.0 Å². The van der Waals surface area contributed by atoms with E-state index >= 15 is 0 Å². The maximum absolute atomic E-state index is 12.5. The van der Waals surface area contributed by atoms with Crippen molar-refractivity contribution >= 4 is 22.8 Å². The van der Waals surface area contributed by atoms with Crippen LogP contribution in [0.5, 0.6) is 0 Å². The number of amides is 1. The second-order valence-corrected chi connectivity index (χ2v) is 5.58. The monoisotopic (exact) mass is 288 g/mol. The Bertz CT molecular complexity index is 662. The molecule has 2 N–H and O–H groups in total. The Labute approximate surface area is 123 Å². The molecule has 0 spiro atoms. The van der Waals surface area contributed by atoms with E-state index in [0.29, 0.717) is 5.69 Å². The van der Waals surface area contributed by atoms with Crippen molar-refractivity contribution in [1.29, 1.82) is 0 Å². The van der Waals surface area contributed by atoms with Gasteiger partial charge >= 0.3 is 5.97 Å². The number of nitrogens with zero attached hydrogens (tertiary/aromatic N) is 1. The number of hydrogen-bond acceptors (Lipinski definition) is 2. The zero-order valence-corrected chi connectivity index (χ0v) is 12.7. The molecule has 5 heteroatoms. The fourth-order valence-corrected chi connectivity index (χ4v) is 2.63. The van der Waals surface area contributed by atoms with Gasteiger partial charge < -0.3 is 15.0 Å². The summed E-state index contributed by atoms with van der Waals surface area (Å²) >= 11 is 0. The van der Waals surface area contributed by atoms with Crippen molar-refractivity contribution < 1.29 is 14.7 Å². The van der Waals surface area contributed by atoms with Gasteiger partial charge in [-0.2, -0.15) is 0 Å². The molecule has 0 radical (unpaired) electrons. The Morgan fingerprint density at radius 1 is 1.24 bits per heavy atom. The maximum Gasteiger partial charge on any atom is 0.326 e. The zero-order valence-electron chi connectivity index (χ0n) is 12.7. The number of carboxylic acid groups (broad SMARTS) is 1. The molecule has 0 saturated heterocycles. The molecule has 1 amide bonds. The third-order valence-electron chi connectivity index (χ3n) is 3.79. The minimum Gasteiger partial charge on any atom is -0.480 e. The highest BCUT2D eigenvalue weighted by atomic mass is 16.4. The van der Waals surface area contributed by atoms with Crippen LogP contribution in [0.2, 0.25) is 0 Å². The van der Waals surface area contributed by atoms with Gasteiger partial charge in [-0.1, -0.05) is 32.0 Å². The van der Waals surface area contributed by atoms with Crippen LogP contribution in [0.1, 0.15) is 29.9 Å². The van der Waals surface area contributed by atoms with Crippen molar-refractivity contribution in [1.82, 2.24) is 9.88 Å². The van der Waals surface area contributed by atoms with Gasteiger partial charge in [-0.15, -0.1) is 0 Å². The molecule has 0 aliphatic carbocycles. The summed E-state index contributed by atoms with van der Waals surface area (Å²) in [6.45, 7) is 5.42. The van der Waals surface area contributed by atoms with E-state index in [2.05, 4.69) is 5.32 Å². The van der Waals surface area contributed by atoms with Gasteiger partial charge in [0.25, 0.3) is 5.91 Å². The van der Waals surface area contributed by atoms with Crippen LogP contribution in [0.3, 0.4) is 0 Å². The topological polar surface area (TPSA) is 71.3 Å². The maximum atomic E-state index is 12.5. The van der Waals surface area contributed by atoms with Gasteiger partial charge in [0.05, 0.1) is 0 Å². The zero-order chi connectivity index (χ0) is 15.7. The minimum atomic E-state index is -1.02. The first-order valence-electron chi connectivity index (χ1n) is 6.92. The lowest BCUT2D eigenvalue weighted by molar-refractivity contribution is -0.140. The number of fused-ring (bicyclic) bond motifs is 1. The number of nitrogens with one attached hydrogen (secondary N) is 1. The highest BCUT2D eigenvalue weighted by molar-refractivity contribution is 6.02. The van der Waals surface area contributed by atoms with Crippen LogP contribution >= 0.6 is 0 Å². The Balaban J connectivity index is 2.42. The van der Waals surface area contributed by atoms with Crippen LogP contribution in [-0.4, -0.2) is 27.6 Å². The number of benzene rings is 1. The lowest BCUT2D eigenvalue weighted by Crippen LogP contribution is -2.44. The summed E-state index contributed by atoms with van der Waals surface area (Å²) in [5, 5.41) is 12.8. The molecule has 1 aromatic carbocycles. The van der Waals surface area contributed by atoms with Crippen LogP contribution < -0.4 is 5.32 Å². The largest absolute Gasteiger partial charge is 0.480 e. The molecule has 1 unspecified atom stereocenters. The second-order valence-electron chi connectivity index (χ2n) is 5.58. The molecule has 21 heavy (non-hydrogen) atoms. The van der Waals surface area contributed by atoms with E-state index < -0.39 is 12.0 Å². The number of hydrogen-bond donors (Lipinski definition) is 2. The first-order valence-corrected chi connectivity index (χ1v) is 6.92. The van der Waals surface area contributed by atoms with E-state index in [1.54, 1.807) is 18.4 Å². The van der Waals surface area contributed by atoms with Gasteiger partial charge in [0.2, 0.25) is 0 Å². The lowest BCUT2D eigenvalue weighted by atomic mass is 10.0. The Morgan fingerprint density at radius 3 is 2.38 bits per heavy atom. The molecule has 0 fully saturated rings. The van der Waals surface area contributed by atoms with Crippen LogP contribution in [0.4, 0.5) is 0 Å². The van der Waals surface area contributed by atoms with E-state index in [4.69, 9.17) is 0 Å². The van der Waals surface area contributed by atoms with E-state index in [9.17, 15) is 14.7 Å². The summed E-state index contributed by atoms with van der Waals surface area (Å²) in [4.78, 5) is 23.7. The van der Waals surface area contributed by atoms with Crippen LogP contribution in [0.15, 0.2) is 24.3 Å². The standard InChI is InChI=1S/C16H20N2O3/c1-9(2)13(16(20)21)17-15(19)14-10(3)11-7-5-6-8-12(11)18(14)4/h5-9,13H,1-4H3,(H,17,19)(H,20,21). The molecule has 1 atom stereocenters. The highest BCUT2D eigenvalue weighted by Crippen LogP contribution is 2.24. The summed E-state index contributed by atoms with van der Waals surface area (Å²) in [5.41, 5.74) is 2.32. The van der Waals surface area contributed by atoms with Crippen molar-refractivity contribution in [2.75, 3.05) is 0 Å². The van der Waals surface area contributed by atoms with Gasteiger partial charge in [-0.3, -0.25) is 4.79 Å². The molecule has 0 aliphatic rings. The normalized spacial score (nSPS) is 12.6. The summed E-state index contributed by atoms with van der Waals surface area (Å²) in [5.74, 6) is -1.55. The number of carboxylic acids is 1. The summed E-state index contributed by atoms with van der Waals surface area (Å²) in [6.07, 6.45) is 0. The lowest BCUT2D eigenvalue weighted by Gasteiger charge is -2.18. The third-order valence-corrected chi connectivity index (χ3v) is 3.79. The summed E-state index contributed by atoms with van der Waals surface area (Å²) < 4.78 is 1.80. The Morgan fingerprint density at radius 2 is 1.86 bits per heavy atom. The number of para-hydroxylation sites is 1. The van der Waals surface area contributed by atoms with Crippen molar-refractivity contribution in [2.24, 2.45) is 13.0 Å². The van der Waals surface area contributed by atoms with Gasteiger partial charge in [-0.25, -0.2) is 4.79 Å². The van der Waals surface area contributed by atoms with Gasteiger partial charge in [-0.05, 0) is 24.5 Å². The number of carbonyl (C=O) groups is 2. The predicted octanol–water partition coefficient (Wildman–Crippen LogP) is 2.33. The molecule has 5 nitrogen and oxygen atoms in total. The number of aliphatic carboxylic acids is 1. The second kappa shape index (κ2) is 5.60. The van der Waals surface area contributed by atoms with E-state index in [1.165, 1.54) is 0 Å². The quantitative estimate of drug-likeness (QED) is 0.907. The van der Waals surface area contributed by atoms with Crippen molar-refractivity contribution in [2.45, 2.75) is 26.8 Å². The highest BCUT2D eigenvalue weighted by Gasteiger charge is 2.26. The molecule has 0 saturated carbocycles. The molecule has 0 aliphatic heterocycles. The van der Waals surface area contributed by atoms with Gasteiger partial charge in [0.15, 0.2) is 0 Å². The van der Waals surface area contributed by atoms with Crippen molar-refractivity contribution in [3.8, 4) is 0 Å². The SMILES string of the molecule is Cc1c(C(=O)NC(C(=O)O)C(C)C)n(C)c2ccccc12. The van der Waals surface area contributed by atoms with E-state index in [-0.39, 0.29) is 11.8 Å². The molecule has 2 aromatic rings. The molecular formula is C16H20N2O3. The van der Waals surface area contributed by atoms with E-state index in [1.807, 2.05) is 38.2 Å². The molecule has 112 valence electrons. The average molecular weight is 288 g/mol. The number of aromatic nitrogens is 1. The smallest absolute Gasteiger partial charge is 0.326 e. The summed E-state index contributed by atoms with van der Waals surface area (Å²) in [6, 6.07) is 6.84. The molecule has 1 aromatic heterocycles. The third kappa shape index (κ3) is 2.63. The summed E-state index contributed by atoms with van der Waals surface area (Å²) in [7, 11) is 1.81. The first-order chi connectivity index (χ1) is 9.84. The molecule has 1 heterocycles. The van der Waals surface area contributed by atoms with Crippen molar-refractivity contribution in [3.05, 3.63) is 35.5 Å². The number of aryl methyl sites for hydroxylation is 2. The minimum absolute atomic E-state index is 0.179. The van der Waals surface area contributed by atoms with Crippen LogP contribution in [0, 0.1) is 12.8 Å². The fraction of sp³-hybridized carbons (Fsp3) is 0.375. The van der Waals surface area contributed by atoms with Crippen LogP contribution in [0.25, 0.3) is 10.9 Å². The average Bonchev–Trinajstić information content (AvgIpc) is 2.68. The van der Waals surface area contributed by atoms with Crippen LogP contribution in [-0.2, 0) is 11.8 Å². The fourth-order valence-electron chi connectivity index (χ4n) is 2.63.